The predicted octanol–water partition coefficient (Wildman–Crippen LogP) is 2.74. The van der Waals surface area contributed by atoms with Gasteiger partial charge in [0, 0.05) is 6.54 Å². The summed E-state index contributed by atoms with van der Waals surface area (Å²) >= 11 is 0. The highest BCUT2D eigenvalue weighted by Gasteiger charge is 2.34. The van der Waals surface area contributed by atoms with Gasteiger partial charge in [-0.3, -0.25) is 4.90 Å². The second-order valence-corrected chi connectivity index (χ2v) is 7.16. The van der Waals surface area contributed by atoms with E-state index < -0.39 is 5.60 Å². The first-order chi connectivity index (χ1) is 10.9. The molecule has 2 aromatic rings. The molecule has 1 fully saturated rings. The molecule has 0 bridgehead atoms. The Kier molecular flexibility index (Phi) is 4.09. The van der Waals surface area contributed by atoms with Crippen LogP contribution in [0.25, 0.3) is 11.0 Å². The molecule has 1 aliphatic rings. The lowest BCUT2D eigenvalue weighted by atomic mass is 9.73. The highest BCUT2D eigenvalue weighted by Crippen LogP contribution is 2.32. The molecule has 1 saturated heterocycles. The van der Waals surface area contributed by atoms with Gasteiger partial charge in [0.2, 0.25) is 0 Å². The van der Waals surface area contributed by atoms with Crippen LogP contribution in [0.4, 0.5) is 4.79 Å². The number of amides is 1. The monoisotopic (exact) mass is 313 g/mol. The highest BCUT2D eigenvalue weighted by molar-refractivity contribution is 6.52. The van der Waals surface area contributed by atoms with Gasteiger partial charge in [0.15, 0.2) is 7.28 Å². The number of nitrogens with one attached hydrogen (secondary N) is 1. The zero-order valence-electron chi connectivity index (χ0n) is 14.3. The van der Waals surface area contributed by atoms with Gasteiger partial charge in [-0.05, 0) is 45.7 Å². The summed E-state index contributed by atoms with van der Waals surface area (Å²) in [5.41, 5.74) is 2.79. The number of ether oxygens (including phenoxy) is 1. The van der Waals surface area contributed by atoms with Gasteiger partial charge in [-0.25, -0.2) is 9.78 Å². The summed E-state index contributed by atoms with van der Waals surface area (Å²) in [6.45, 7) is 8.53. The van der Waals surface area contributed by atoms with Crippen LogP contribution in [0.2, 0.25) is 6.82 Å². The van der Waals surface area contributed by atoms with Crippen molar-refractivity contribution in [3.63, 3.8) is 0 Å². The van der Waals surface area contributed by atoms with Crippen LogP contribution >= 0.6 is 0 Å². The lowest BCUT2D eigenvalue weighted by molar-refractivity contribution is 0.0219. The van der Waals surface area contributed by atoms with Gasteiger partial charge in [-0.15, -0.1) is 0 Å². The van der Waals surface area contributed by atoms with Crippen LogP contribution in [0.5, 0.6) is 0 Å². The van der Waals surface area contributed by atoms with Crippen LogP contribution in [0, 0.1) is 0 Å². The van der Waals surface area contributed by atoms with Gasteiger partial charge < -0.3 is 9.72 Å². The first-order valence-electron chi connectivity index (χ1n) is 8.35. The Morgan fingerprint density at radius 2 is 2.22 bits per heavy atom. The summed E-state index contributed by atoms with van der Waals surface area (Å²) in [5, 5.41) is 0. The number of hydrogen-bond donors (Lipinski definition) is 1. The molecule has 1 aliphatic heterocycles. The van der Waals surface area contributed by atoms with Crippen molar-refractivity contribution < 1.29 is 9.53 Å². The maximum atomic E-state index is 12.4. The van der Waals surface area contributed by atoms with E-state index in [9.17, 15) is 4.79 Å². The van der Waals surface area contributed by atoms with Gasteiger partial charge >= 0.3 is 6.09 Å². The van der Waals surface area contributed by atoms with Crippen molar-refractivity contribution in [2.75, 3.05) is 6.54 Å². The van der Waals surface area contributed by atoms with E-state index in [2.05, 4.69) is 23.9 Å². The molecular formula is C17H24BN3O2. The van der Waals surface area contributed by atoms with Crippen molar-refractivity contribution in [1.29, 1.82) is 0 Å². The van der Waals surface area contributed by atoms with E-state index in [0.29, 0.717) is 0 Å². The summed E-state index contributed by atoms with van der Waals surface area (Å²) in [6, 6.07) is 6.26. The lowest BCUT2D eigenvalue weighted by Gasteiger charge is -2.27. The SMILES string of the molecule is CBc1ccc2nc([C@@H]3CCCN3C(=O)OC(C)(C)C)[nH]c2c1. The van der Waals surface area contributed by atoms with Crippen molar-refractivity contribution in [3.05, 3.63) is 24.0 Å². The van der Waals surface area contributed by atoms with Gasteiger partial charge in [0.05, 0.1) is 17.1 Å². The van der Waals surface area contributed by atoms with Crippen molar-refractivity contribution in [1.82, 2.24) is 14.9 Å². The maximum Gasteiger partial charge on any atom is 0.410 e. The van der Waals surface area contributed by atoms with Gasteiger partial charge in [-0.2, -0.15) is 0 Å². The average Bonchev–Trinajstić information content (AvgIpc) is 3.10. The molecule has 122 valence electrons. The summed E-state index contributed by atoms with van der Waals surface area (Å²) in [5.74, 6) is 0.858. The van der Waals surface area contributed by atoms with Crippen LogP contribution < -0.4 is 5.46 Å². The smallest absolute Gasteiger partial charge is 0.410 e. The second kappa shape index (κ2) is 5.91. The van der Waals surface area contributed by atoms with E-state index in [-0.39, 0.29) is 12.1 Å². The van der Waals surface area contributed by atoms with E-state index in [1.165, 1.54) is 5.46 Å². The molecule has 0 spiro atoms. The van der Waals surface area contributed by atoms with E-state index in [1.54, 1.807) is 4.90 Å². The summed E-state index contributed by atoms with van der Waals surface area (Å²) in [6.07, 6.45) is 1.63. The number of hydrogen-bond acceptors (Lipinski definition) is 3. The molecular weight excluding hydrogens is 289 g/mol. The van der Waals surface area contributed by atoms with Crippen LogP contribution in [-0.2, 0) is 4.74 Å². The number of rotatable bonds is 2. The topological polar surface area (TPSA) is 58.2 Å². The first kappa shape index (κ1) is 15.9. The number of aromatic nitrogens is 2. The van der Waals surface area contributed by atoms with Gasteiger partial charge in [0.25, 0.3) is 0 Å². The first-order valence-corrected chi connectivity index (χ1v) is 8.35. The fourth-order valence-corrected chi connectivity index (χ4v) is 3.04. The molecule has 1 atom stereocenters. The predicted molar refractivity (Wildman–Crippen MR) is 93.7 cm³/mol. The van der Waals surface area contributed by atoms with Crippen molar-refractivity contribution >= 4 is 29.9 Å². The average molecular weight is 313 g/mol. The van der Waals surface area contributed by atoms with Gasteiger partial charge in [-0.1, -0.05) is 18.4 Å². The standard InChI is InChI=1S/C17H24BN3O2/c1-17(2,3)23-16(22)21-9-5-6-14(21)15-19-12-8-7-11(18-4)10-13(12)20-15/h7-8,10,14,18H,5-6,9H2,1-4H3,(H,19,20)/t14-/m0/s1. The third-order valence-electron chi connectivity index (χ3n) is 4.17. The number of carbonyl (C=O) groups is 1. The molecule has 5 nitrogen and oxygen atoms in total. The summed E-state index contributed by atoms with van der Waals surface area (Å²) < 4.78 is 5.53. The minimum absolute atomic E-state index is 0.0256. The number of H-pyrrole nitrogens is 1. The quantitative estimate of drug-likeness (QED) is 0.867. The van der Waals surface area contributed by atoms with Crippen LogP contribution in [-0.4, -0.2) is 40.4 Å². The molecule has 1 aromatic carbocycles. The number of fused-ring (bicyclic) bond motifs is 1. The Morgan fingerprint density at radius 1 is 1.43 bits per heavy atom. The Labute approximate surface area is 137 Å². The molecule has 1 N–H and O–H groups in total. The number of benzene rings is 1. The Bertz CT molecular complexity index is 720. The Balaban J connectivity index is 1.86. The van der Waals surface area contributed by atoms with Crippen LogP contribution in [0.15, 0.2) is 18.2 Å². The van der Waals surface area contributed by atoms with Crippen molar-refractivity contribution in [3.8, 4) is 0 Å². The molecule has 0 radical (unpaired) electrons. The summed E-state index contributed by atoms with van der Waals surface area (Å²) in [7, 11) is 0.998. The molecule has 6 heteroatoms. The maximum absolute atomic E-state index is 12.4. The molecule has 0 saturated carbocycles. The second-order valence-electron chi connectivity index (χ2n) is 7.16. The van der Waals surface area contributed by atoms with Gasteiger partial charge in [0.1, 0.15) is 11.4 Å². The third-order valence-corrected chi connectivity index (χ3v) is 4.17. The molecule has 3 rings (SSSR count). The number of imidazole rings is 1. The zero-order valence-corrected chi connectivity index (χ0v) is 14.3. The molecule has 23 heavy (non-hydrogen) atoms. The number of carbonyl (C=O) groups excluding carboxylic acids is 1. The number of aromatic amines is 1. The molecule has 1 amide bonds. The Hall–Kier alpha value is -1.98. The van der Waals surface area contributed by atoms with E-state index in [0.717, 1.165) is 43.5 Å². The van der Waals surface area contributed by atoms with Crippen LogP contribution in [0.3, 0.4) is 0 Å². The minimum Gasteiger partial charge on any atom is -0.444 e. The fourth-order valence-electron chi connectivity index (χ4n) is 3.04. The fraction of sp³-hybridized carbons (Fsp3) is 0.529. The minimum atomic E-state index is -0.478. The van der Waals surface area contributed by atoms with Crippen molar-refractivity contribution in [2.45, 2.75) is 52.1 Å². The normalized spacial score (nSPS) is 18.4. The molecule has 2 heterocycles. The molecule has 0 aliphatic carbocycles. The Morgan fingerprint density at radius 3 is 2.91 bits per heavy atom. The lowest BCUT2D eigenvalue weighted by Crippen LogP contribution is -2.36. The number of likely N-dealkylation sites (tertiary alicyclic amines) is 1. The largest absolute Gasteiger partial charge is 0.444 e. The third kappa shape index (κ3) is 3.36. The molecule has 0 unspecified atom stereocenters. The van der Waals surface area contributed by atoms with E-state index >= 15 is 0 Å². The summed E-state index contributed by atoms with van der Waals surface area (Å²) in [4.78, 5) is 22.3. The zero-order chi connectivity index (χ0) is 16.6. The van der Waals surface area contributed by atoms with Crippen LogP contribution in [0.1, 0.15) is 45.5 Å². The van der Waals surface area contributed by atoms with E-state index in [4.69, 9.17) is 9.72 Å². The highest BCUT2D eigenvalue weighted by atomic mass is 16.6. The van der Waals surface area contributed by atoms with E-state index in [1.807, 2.05) is 26.8 Å². The number of nitrogens with zero attached hydrogens (tertiary/aromatic N) is 2. The van der Waals surface area contributed by atoms with Crippen molar-refractivity contribution in [2.24, 2.45) is 0 Å². The molecule has 1 aromatic heterocycles.